The van der Waals surface area contributed by atoms with E-state index in [1.54, 1.807) is 0 Å². The number of fused-ring (bicyclic) bond motifs is 1. The van der Waals surface area contributed by atoms with Crippen LogP contribution in [0.4, 0.5) is 16.3 Å². The quantitative estimate of drug-likeness (QED) is 0.193. The summed E-state index contributed by atoms with van der Waals surface area (Å²) in [7, 11) is 0. The number of hydrogen-bond acceptors (Lipinski definition) is 8. The molecule has 4 aliphatic rings. The van der Waals surface area contributed by atoms with Crippen LogP contribution in [0.1, 0.15) is 56.5 Å². The van der Waals surface area contributed by atoms with Crippen LogP contribution >= 0.6 is 40.0 Å². The molecule has 13 heteroatoms. The Balaban J connectivity index is 1.36. The topological polar surface area (TPSA) is 108 Å². The summed E-state index contributed by atoms with van der Waals surface area (Å²) < 4.78 is 13.7. The van der Waals surface area contributed by atoms with Crippen LogP contribution in [0.5, 0.6) is 0 Å². The Morgan fingerprint density at radius 1 is 1.31 bits per heavy atom. The fraction of sp³-hybridized carbons (Fsp3) is 0.621. The summed E-state index contributed by atoms with van der Waals surface area (Å²) in [4.78, 5) is 16.8. The number of carbonyl (C=O) groups excluding carboxylic acids is 1. The molecule has 4 fully saturated rings. The van der Waals surface area contributed by atoms with E-state index in [1.165, 1.54) is 6.21 Å². The van der Waals surface area contributed by atoms with Crippen molar-refractivity contribution in [1.82, 2.24) is 20.0 Å². The first-order valence-electron chi connectivity index (χ1n) is 14.6. The Morgan fingerprint density at radius 3 is 2.71 bits per heavy atom. The van der Waals surface area contributed by atoms with Gasteiger partial charge in [-0.3, -0.25) is 4.68 Å². The van der Waals surface area contributed by atoms with Crippen LogP contribution < -0.4 is 15.3 Å². The number of likely N-dealkylation sites (tertiary alicyclic amines) is 1. The fourth-order valence-corrected chi connectivity index (χ4v) is 8.57. The van der Waals surface area contributed by atoms with E-state index >= 15 is 0 Å². The maximum atomic E-state index is 12.6. The van der Waals surface area contributed by atoms with Gasteiger partial charge in [-0.15, -0.1) is 0 Å². The van der Waals surface area contributed by atoms with E-state index in [1.807, 2.05) is 38.7 Å². The molecule has 10 nitrogen and oxygen atoms in total. The van der Waals surface area contributed by atoms with Gasteiger partial charge in [-0.25, -0.2) is 4.79 Å². The van der Waals surface area contributed by atoms with Gasteiger partial charge in [0, 0.05) is 72.3 Å². The number of rotatable bonds is 6. The molecule has 2 aromatic rings. The van der Waals surface area contributed by atoms with Crippen molar-refractivity contribution in [2.45, 2.75) is 71.2 Å². The van der Waals surface area contributed by atoms with Gasteiger partial charge in [-0.05, 0) is 81.1 Å². The van der Waals surface area contributed by atoms with Gasteiger partial charge in [0.05, 0.1) is 36.4 Å². The molecular weight excluding hydrogens is 688 g/mol. The predicted molar refractivity (Wildman–Crippen MR) is 178 cm³/mol. The number of halogens is 2. The molecule has 0 radical (unpaired) electrons. The number of carbonyl (C=O) groups is 1. The fourth-order valence-electron chi connectivity index (χ4n) is 7.14. The van der Waals surface area contributed by atoms with Gasteiger partial charge in [-0.1, -0.05) is 11.6 Å². The van der Waals surface area contributed by atoms with Gasteiger partial charge in [-0.2, -0.15) is 5.10 Å². The molecule has 4 heterocycles. The Kier molecular flexibility index (Phi) is 8.22. The van der Waals surface area contributed by atoms with E-state index in [9.17, 15) is 4.79 Å². The minimum absolute atomic E-state index is 0.124. The minimum Gasteiger partial charge on any atom is -0.444 e. The number of anilines is 2. The van der Waals surface area contributed by atoms with Gasteiger partial charge in [0.1, 0.15) is 5.60 Å². The highest BCUT2D eigenvalue weighted by Crippen LogP contribution is 2.56. The van der Waals surface area contributed by atoms with Gasteiger partial charge < -0.3 is 35.1 Å². The van der Waals surface area contributed by atoms with Crippen LogP contribution in [-0.4, -0.2) is 84.1 Å². The van der Waals surface area contributed by atoms with Gasteiger partial charge in [0.25, 0.3) is 0 Å². The molecule has 42 heavy (non-hydrogen) atoms. The van der Waals surface area contributed by atoms with Gasteiger partial charge >= 0.3 is 6.09 Å². The lowest BCUT2D eigenvalue weighted by atomic mass is 9.61. The van der Waals surface area contributed by atoms with E-state index in [2.05, 4.69) is 49.0 Å². The van der Waals surface area contributed by atoms with E-state index in [-0.39, 0.29) is 29.6 Å². The third-order valence-electron chi connectivity index (χ3n) is 9.06. The number of benzene rings is 1. The largest absolute Gasteiger partial charge is 0.444 e. The molecular formula is C29H40ClIN7O3P. The van der Waals surface area contributed by atoms with Crippen molar-refractivity contribution in [3.63, 3.8) is 0 Å². The van der Waals surface area contributed by atoms with Crippen LogP contribution in [0.25, 0.3) is 11.1 Å². The molecule has 3 atom stereocenters. The maximum Gasteiger partial charge on any atom is 0.410 e. The third-order valence-corrected chi connectivity index (χ3v) is 10.7. The van der Waals surface area contributed by atoms with Crippen molar-refractivity contribution >= 4 is 63.8 Å². The summed E-state index contributed by atoms with van der Waals surface area (Å²) in [6.45, 7) is 14.3. The van der Waals surface area contributed by atoms with Crippen molar-refractivity contribution < 1.29 is 14.3 Å². The third kappa shape index (κ3) is 5.31. The van der Waals surface area contributed by atoms with E-state index in [0.717, 1.165) is 78.5 Å². The molecule has 228 valence electrons. The summed E-state index contributed by atoms with van der Waals surface area (Å²) in [5.41, 5.74) is 5.21. The van der Waals surface area contributed by atoms with Crippen molar-refractivity contribution in [3.05, 3.63) is 27.9 Å². The first kappa shape index (κ1) is 30.4. The lowest BCUT2D eigenvalue weighted by Crippen LogP contribution is -2.64. The number of aryl methyl sites for hydroxylation is 1. The SMILES string of the molecule is Cc1cc(NPI)c(C=N)c(-c2c(N3CCNC4COCC43)nn(C3CC4(C3)CN(C(=O)OC(C)(C)C)C4)c2C)c1Cl. The zero-order valence-corrected chi connectivity index (χ0v) is 28.7. The lowest BCUT2D eigenvalue weighted by Gasteiger charge is -2.58. The molecule has 1 aromatic carbocycles. The highest BCUT2D eigenvalue weighted by atomic mass is 127. The summed E-state index contributed by atoms with van der Waals surface area (Å²) in [5.74, 6) is 0.915. The summed E-state index contributed by atoms with van der Waals surface area (Å²) in [5, 5.41) is 21.5. The summed E-state index contributed by atoms with van der Waals surface area (Å²) >= 11 is 9.43. The second-order valence-electron chi connectivity index (χ2n) is 13.2. The van der Waals surface area contributed by atoms with Crippen molar-refractivity contribution in [2.24, 2.45) is 5.41 Å². The second kappa shape index (κ2) is 11.4. The average molecular weight is 728 g/mol. The smallest absolute Gasteiger partial charge is 0.410 e. The second-order valence-corrected chi connectivity index (χ2v) is 15.6. The summed E-state index contributed by atoms with van der Waals surface area (Å²) in [6, 6.07) is 2.70. The molecule has 1 spiro atoms. The Hall–Kier alpha value is -1.66. The number of hydrogen-bond donors (Lipinski definition) is 3. The zero-order valence-electron chi connectivity index (χ0n) is 24.8. The number of aromatic nitrogens is 2. The molecule has 0 bridgehead atoms. The molecule has 3 saturated heterocycles. The van der Waals surface area contributed by atoms with E-state index in [4.69, 9.17) is 31.6 Å². The van der Waals surface area contributed by atoms with E-state index < -0.39 is 5.60 Å². The van der Waals surface area contributed by atoms with Crippen molar-refractivity contribution in [2.75, 3.05) is 49.4 Å². The lowest BCUT2D eigenvalue weighted by molar-refractivity contribution is -0.0930. The van der Waals surface area contributed by atoms with Crippen LogP contribution in [0, 0.1) is 24.7 Å². The molecule has 1 amide bonds. The highest BCUT2D eigenvalue weighted by Gasteiger charge is 2.56. The van der Waals surface area contributed by atoms with E-state index in [0.29, 0.717) is 24.6 Å². The molecule has 3 aliphatic heterocycles. The molecule has 1 saturated carbocycles. The number of amides is 1. The molecule has 1 aliphatic carbocycles. The predicted octanol–water partition coefficient (Wildman–Crippen LogP) is 5.92. The minimum atomic E-state index is -0.493. The summed E-state index contributed by atoms with van der Waals surface area (Å²) in [6.07, 6.45) is 3.58. The Labute approximate surface area is 267 Å². The zero-order chi connectivity index (χ0) is 30.0. The number of ether oxygens (including phenoxy) is 2. The Morgan fingerprint density at radius 2 is 2.05 bits per heavy atom. The average Bonchev–Trinajstić information content (AvgIpc) is 3.48. The first-order valence-corrected chi connectivity index (χ1v) is 19.0. The Bertz CT molecular complexity index is 1400. The highest BCUT2D eigenvalue weighted by molar-refractivity contribution is 14.2. The van der Waals surface area contributed by atoms with Gasteiger partial charge in [0.2, 0.25) is 0 Å². The van der Waals surface area contributed by atoms with Crippen LogP contribution in [0.15, 0.2) is 6.07 Å². The van der Waals surface area contributed by atoms with Crippen LogP contribution in [0.2, 0.25) is 5.02 Å². The maximum absolute atomic E-state index is 12.6. The molecule has 6 rings (SSSR count). The first-order chi connectivity index (χ1) is 19.9. The monoisotopic (exact) mass is 727 g/mol. The van der Waals surface area contributed by atoms with Crippen LogP contribution in [0.3, 0.4) is 0 Å². The van der Waals surface area contributed by atoms with Crippen molar-refractivity contribution in [3.8, 4) is 11.1 Å². The molecule has 1 aromatic heterocycles. The van der Waals surface area contributed by atoms with Gasteiger partial charge in [0.15, 0.2) is 5.82 Å². The standard InChI is InChI=1S/C29H40ClIN7O3P/c1-16-8-20(35-42-31)19(11-32)24(25(16)30)23-17(2)38(34-26(23)37-7-6-33-21-12-40-13-22(21)37)18-9-29(10-18)14-36(15-29)27(39)41-28(3,4)5/h8,11,18,21-22,32-33,35,42H,6-7,9-10,12-15H2,1-5H3. The van der Waals surface area contributed by atoms with Crippen molar-refractivity contribution in [1.29, 1.82) is 5.41 Å². The molecule has 3 unspecified atom stereocenters. The number of nitrogens with one attached hydrogen (secondary N) is 3. The molecule has 3 N–H and O–H groups in total. The normalized spacial score (nSPS) is 23.7. The van der Waals surface area contributed by atoms with Crippen LogP contribution in [-0.2, 0) is 9.47 Å². The number of piperazine rings is 1. The number of nitrogens with zero attached hydrogens (tertiary/aromatic N) is 4.